The van der Waals surface area contributed by atoms with Crippen molar-refractivity contribution < 1.29 is 4.79 Å². The number of imidazole rings is 1. The van der Waals surface area contributed by atoms with Gasteiger partial charge in [-0.3, -0.25) is 9.48 Å². The lowest BCUT2D eigenvalue weighted by atomic mass is 10.1. The third kappa shape index (κ3) is 3.69. The minimum atomic E-state index is 0.171. The maximum Gasteiger partial charge on any atom is 0.224 e. The van der Waals surface area contributed by atoms with Gasteiger partial charge in [0.05, 0.1) is 18.6 Å². The van der Waals surface area contributed by atoms with Gasteiger partial charge in [0.1, 0.15) is 0 Å². The molecule has 1 amide bonds. The van der Waals surface area contributed by atoms with E-state index in [1.54, 1.807) is 10.9 Å². The topological polar surface area (TPSA) is 56.0 Å². The predicted molar refractivity (Wildman–Crippen MR) is 98.3 cm³/mol. The van der Waals surface area contributed by atoms with Gasteiger partial charge < -0.3 is 9.47 Å². The van der Waals surface area contributed by atoms with Crippen molar-refractivity contribution in [2.75, 3.05) is 6.54 Å². The molecule has 134 valence electrons. The van der Waals surface area contributed by atoms with Crippen LogP contribution in [0.5, 0.6) is 0 Å². The quantitative estimate of drug-likeness (QED) is 0.686. The molecule has 6 nitrogen and oxygen atoms in total. The fourth-order valence-corrected chi connectivity index (χ4v) is 3.47. The zero-order valence-electron chi connectivity index (χ0n) is 14.8. The summed E-state index contributed by atoms with van der Waals surface area (Å²) in [6.07, 6.45) is 7.89. The van der Waals surface area contributed by atoms with Crippen molar-refractivity contribution in [3.63, 3.8) is 0 Å². The second kappa shape index (κ2) is 7.56. The van der Waals surface area contributed by atoms with Crippen molar-refractivity contribution in [1.29, 1.82) is 0 Å². The Kier molecular flexibility index (Phi) is 4.82. The van der Waals surface area contributed by atoms with Crippen LogP contribution in [0.4, 0.5) is 0 Å². The number of fused-ring (bicyclic) bond motifs is 1. The van der Waals surface area contributed by atoms with E-state index in [2.05, 4.69) is 38.9 Å². The van der Waals surface area contributed by atoms with Gasteiger partial charge in [-0.1, -0.05) is 30.3 Å². The van der Waals surface area contributed by atoms with E-state index < -0.39 is 0 Å². The Morgan fingerprint density at radius 3 is 2.81 bits per heavy atom. The first-order valence-electron chi connectivity index (χ1n) is 9.11. The first-order valence-corrected chi connectivity index (χ1v) is 9.11. The molecule has 0 fully saturated rings. The van der Waals surface area contributed by atoms with E-state index in [1.165, 1.54) is 11.3 Å². The summed E-state index contributed by atoms with van der Waals surface area (Å²) in [6.45, 7) is 2.94. The molecule has 1 aliphatic heterocycles. The fourth-order valence-electron chi connectivity index (χ4n) is 3.47. The number of benzene rings is 1. The summed E-state index contributed by atoms with van der Waals surface area (Å²) in [4.78, 5) is 19.0. The van der Waals surface area contributed by atoms with Gasteiger partial charge >= 0.3 is 0 Å². The van der Waals surface area contributed by atoms with Crippen molar-refractivity contribution in [3.05, 3.63) is 72.1 Å². The number of nitrogens with zero attached hydrogens (tertiary/aromatic N) is 5. The normalized spacial score (nSPS) is 13.6. The van der Waals surface area contributed by atoms with Gasteiger partial charge in [0, 0.05) is 50.6 Å². The molecule has 0 aliphatic carbocycles. The number of aryl methyl sites for hydroxylation is 3. The Morgan fingerprint density at radius 2 is 2.00 bits per heavy atom. The number of hydrogen-bond donors (Lipinski definition) is 0. The van der Waals surface area contributed by atoms with Crippen LogP contribution in [0.15, 0.2) is 55.1 Å². The molecule has 0 radical (unpaired) electrons. The Bertz CT molecular complexity index is 854. The van der Waals surface area contributed by atoms with Gasteiger partial charge in [-0.15, -0.1) is 0 Å². The highest BCUT2D eigenvalue weighted by molar-refractivity contribution is 5.76. The smallest absolute Gasteiger partial charge is 0.224 e. The zero-order valence-corrected chi connectivity index (χ0v) is 14.8. The lowest BCUT2D eigenvalue weighted by Gasteiger charge is -2.27. The van der Waals surface area contributed by atoms with Gasteiger partial charge in [0.15, 0.2) is 0 Å². The number of hydrogen-bond acceptors (Lipinski definition) is 3. The summed E-state index contributed by atoms with van der Waals surface area (Å²) in [7, 11) is 0. The highest BCUT2D eigenvalue weighted by Crippen LogP contribution is 2.19. The molecule has 0 bridgehead atoms. The molecular formula is C20H23N5O. The first-order chi connectivity index (χ1) is 12.8. The van der Waals surface area contributed by atoms with Crippen LogP contribution in [0.2, 0.25) is 0 Å². The summed E-state index contributed by atoms with van der Waals surface area (Å²) in [5.41, 5.74) is 3.65. The molecule has 26 heavy (non-hydrogen) atoms. The second-order valence-electron chi connectivity index (χ2n) is 6.65. The van der Waals surface area contributed by atoms with E-state index in [0.717, 1.165) is 31.6 Å². The molecule has 0 unspecified atom stereocenters. The number of rotatable bonds is 6. The predicted octanol–water partition coefficient (Wildman–Crippen LogP) is 2.30. The van der Waals surface area contributed by atoms with Gasteiger partial charge in [0.2, 0.25) is 5.91 Å². The molecule has 0 saturated heterocycles. The fraction of sp³-hybridized carbons (Fsp3) is 0.350. The maximum absolute atomic E-state index is 12.5. The largest absolute Gasteiger partial charge is 0.336 e. The van der Waals surface area contributed by atoms with Crippen molar-refractivity contribution in [1.82, 2.24) is 24.2 Å². The van der Waals surface area contributed by atoms with E-state index in [9.17, 15) is 4.79 Å². The van der Waals surface area contributed by atoms with Crippen LogP contribution in [0.3, 0.4) is 0 Å². The Labute approximate surface area is 153 Å². The highest BCUT2D eigenvalue weighted by Gasteiger charge is 2.24. The SMILES string of the molecule is O=C(CCn1cccn1)N1CCc2c(ncn2CCc2ccccc2)C1. The summed E-state index contributed by atoms with van der Waals surface area (Å²) < 4.78 is 4.04. The number of amides is 1. The molecule has 1 aliphatic rings. The number of aromatic nitrogens is 4. The van der Waals surface area contributed by atoms with Crippen LogP contribution in [0.25, 0.3) is 0 Å². The van der Waals surface area contributed by atoms with E-state index >= 15 is 0 Å². The van der Waals surface area contributed by atoms with Crippen molar-refractivity contribution >= 4 is 5.91 Å². The van der Waals surface area contributed by atoms with Crippen molar-refractivity contribution in [3.8, 4) is 0 Å². The molecule has 3 heterocycles. The van der Waals surface area contributed by atoms with Crippen LogP contribution in [0, 0.1) is 0 Å². The summed E-state index contributed by atoms with van der Waals surface area (Å²) in [5.74, 6) is 0.171. The average Bonchev–Trinajstić information content (AvgIpc) is 3.34. The first kappa shape index (κ1) is 16.6. The molecule has 3 aromatic rings. The highest BCUT2D eigenvalue weighted by atomic mass is 16.2. The Hall–Kier alpha value is -2.89. The molecule has 0 atom stereocenters. The third-order valence-corrected chi connectivity index (χ3v) is 4.94. The van der Waals surface area contributed by atoms with Crippen molar-refractivity contribution in [2.45, 2.75) is 38.9 Å². The molecule has 0 saturated carbocycles. The molecule has 1 aromatic carbocycles. The van der Waals surface area contributed by atoms with Gasteiger partial charge in [0.25, 0.3) is 0 Å². The second-order valence-corrected chi connectivity index (χ2v) is 6.65. The Balaban J connectivity index is 1.34. The van der Waals surface area contributed by atoms with Gasteiger partial charge in [-0.05, 0) is 18.1 Å². The molecule has 0 N–H and O–H groups in total. The molecule has 0 spiro atoms. The van der Waals surface area contributed by atoms with E-state index in [0.29, 0.717) is 19.5 Å². The summed E-state index contributed by atoms with van der Waals surface area (Å²) in [6, 6.07) is 12.4. The Morgan fingerprint density at radius 1 is 1.12 bits per heavy atom. The summed E-state index contributed by atoms with van der Waals surface area (Å²) >= 11 is 0. The van der Waals surface area contributed by atoms with Gasteiger partial charge in [-0.2, -0.15) is 5.10 Å². The van der Waals surface area contributed by atoms with Crippen LogP contribution in [0.1, 0.15) is 23.4 Å². The van der Waals surface area contributed by atoms with Crippen molar-refractivity contribution in [2.24, 2.45) is 0 Å². The molecule has 6 heteroatoms. The van der Waals surface area contributed by atoms with E-state index in [-0.39, 0.29) is 5.91 Å². The van der Waals surface area contributed by atoms with Crippen LogP contribution < -0.4 is 0 Å². The zero-order chi connectivity index (χ0) is 17.8. The van der Waals surface area contributed by atoms with Gasteiger partial charge in [-0.25, -0.2) is 4.98 Å². The number of carbonyl (C=O) groups excluding carboxylic acids is 1. The van der Waals surface area contributed by atoms with E-state index in [1.807, 2.05) is 29.6 Å². The lowest BCUT2D eigenvalue weighted by molar-refractivity contribution is -0.132. The standard InChI is InChI=1S/C20H23N5O/c26-20(9-14-25-11-4-10-22-25)23-13-8-19-18(15-23)21-16-24(19)12-7-17-5-2-1-3-6-17/h1-6,10-11,16H,7-9,12-15H2. The minimum Gasteiger partial charge on any atom is -0.336 e. The monoisotopic (exact) mass is 349 g/mol. The third-order valence-electron chi connectivity index (χ3n) is 4.94. The van der Waals surface area contributed by atoms with Crippen LogP contribution in [-0.4, -0.2) is 36.7 Å². The molecule has 4 rings (SSSR count). The number of carbonyl (C=O) groups is 1. The van der Waals surface area contributed by atoms with Crippen LogP contribution >= 0.6 is 0 Å². The molecular weight excluding hydrogens is 326 g/mol. The average molecular weight is 349 g/mol. The van der Waals surface area contributed by atoms with E-state index in [4.69, 9.17) is 0 Å². The van der Waals surface area contributed by atoms with Crippen LogP contribution in [-0.2, 0) is 37.3 Å². The lowest BCUT2D eigenvalue weighted by Crippen LogP contribution is -2.37. The summed E-state index contributed by atoms with van der Waals surface area (Å²) in [5, 5.41) is 4.15. The maximum atomic E-state index is 12.5. The molecule has 2 aromatic heterocycles. The minimum absolute atomic E-state index is 0.171.